The summed E-state index contributed by atoms with van der Waals surface area (Å²) >= 11 is 0. The van der Waals surface area contributed by atoms with Gasteiger partial charge in [0.25, 0.3) is 5.56 Å². The highest BCUT2D eigenvalue weighted by molar-refractivity contribution is 5.27. The van der Waals surface area contributed by atoms with Crippen LogP contribution >= 0.6 is 0 Å². The van der Waals surface area contributed by atoms with Crippen molar-refractivity contribution in [2.45, 2.75) is 6.54 Å². The Bertz CT molecular complexity index is 317. The Hall–Kier alpha value is -1.29. The maximum absolute atomic E-state index is 10.9. The number of hydrogen-bond acceptors (Lipinski definition) is 3. The maximum atomic E-state index is 10.9. The molecule has 1 aromatic rings. The number of pyridine rings is 1. The van der Waals surface area contributed by atoms with Gasteiger partial charge >= 0.3 is 0 Å². The molecule has 0 aliphatic heterocycles. The predicted molar refractivity (Wildman–Crippen MR) is 46.1 cm³/mol. The zero-order chi connectivity index (χ0) is 9.14. The largest absolute Gasteiger partial charge is 0.503 e. The first-order chi connectivity index (χ1) is 5.61. The van der Waals surface area contributed by atoms with Gasteiger partial charge in [0.05, 0.1) is 0 Å². The van der Waals surface area contributed by atoms with Crippen molar-refractivity contribution in [2.24, 2.45) is 0 Å². The number of nitrogens with zero attached hydrogens (tertiary/aromatic N) is 1. The van der Waals surface area contributed by atoms with Crippen LogP contribution in [0.25, 0.3) is 0 Å². The number of aromatic amines is 1. The van der Waals surface area contributed by atoms with Gasteiger partial charge in [0.1, 0.15) is 0 Å². The molecule has 4 nitrogen and oxygen atoms in total. The van der Waals surface area contributed by atoms with Gasteiger partial charge < -0.3 is 15.0 Å². The SMILES string of the molecule is CN(C)Cc1cc[nH]c(=O)c1O. The first kappa shape index (κ1) is 8.80. The quantitative estimate of drug-likeness (QED) is 0.660. The molecule has 66 valence electrons. The van der Waals surface area contributed by atoms with Crippen molar-refractivity contribution in [3.8, 4) is 5.75 Å². The lowest BCUT2D eigenvalue weighted by Gasteiger charge is -2.09. The second kappa shape index (κ2) is 3.40. The fourth-order valence-corrected chi connectivity index (χ4v) is 0.979. The Morgan fingerprint density at radius 2 is 2.25 bits per heavy atom. The topological polar surface area (TPSA) is 56.3 Å². The summed E-state index contributed by atoms with van der Waals surface area (Å²) in [4.78, 5) is 15.2. The van der Waals surface area contributed by atoms with Gasteiger partial charge in [-0.1, -0.05) is 0 Å². The Labute approximate surface area is 70.5 Å². The molecule has 0 amide bonds. The molecule has 0 aliphatic rings. The monoisotopic (exact) mass is 168 g/mol. The van der Waals surface area contributed by atoms with Crippen LogP contribution in [0.5, 0.6) is 5.75 Å². The van der Waals surface area contributed by atoms with Gasteiger partial charge in [0.2, 0.25) is 0 Å². The van der Waals surface area contributed by atoms with Crippen LogP contribution in [0.3, 0.4) is 0 Å². The summed E-state index contributed by atoms with van der Waals surface area (Å²) in [7, 11) is 3.75. The van der Waals surface area contributed by atoms with Crippen molar-refractivity contribution in [3.05, 3.63) is 28.2 Å². The van der Waals surface area contributed by atoms with Crippen LogP contribution in [0.2, 0.25) is 0 Å². The average Bonchev–Trinajstić information content (AvgIpc) is 1.98. The first-order valence-corrected chi connectivity index (χ1v) is 3.65. The summed E-state index contributed by atoms with van der Waals surface area (Å²) in [5, 5.41) is 9.28. The fourth-order valence-electron chi connectivity index (χ4n) is 0.979. The van der Waals surface area contributed by atoms with Crippen molar-refractivity contribution in [1.29, 1.82) is 0 Å². The summed E-state index contributed by atoms with van der Waals surface area (Å²) in [6.45, 7) is 0.565. The third-order valence-corrected chi connectivity index (χ3v) is 1.50. The van der Waals surface area contributed by atoms with Gasteiger partial charge in [-0.3, -0.25) is 4.79 Å². The van der Waals surface area contributed by atoms with E-state index in [1.165, 1.54) is 6.20 Å². The van der Waals surface area contributed by atoms with E-state index in [0.29, 0.717) is 12.1 Å². The van der Waals surface area contributed by atoms with E-state index < -0.39 is 5.56 Å². The van der Waals surface area contributed by atoms with Crippen LogP contribution in [0.15, 0.2) is 17.1 Å². The summed E-state index contributed by atoms with van der Waals surface area (Å²) < 4.78 is 0. The number of aromatic hydroxyl groups is 1. The molecule has 0 aliphatic carbocycles. The van der Waals surface area contributed by atoms with Crippen molar-refractivity contribution >= 4 is 0 Å². The second-order valence-corrected chi connectivity index (χ2v) is 2.92. The van der Waals surface area contributed by atoms with E-state index in [0.717, 1.165) is 0 Å². The van der Waals surface area contributed by atoms with Crippen LogP contribution in [0, 0.1) is 0 Å². The summed E-state index contributed by atoms with van der Waals surface area (Å²) in [6, 6.07) is 1.69. The molecule has 0 atom stereocenters. The number of rotatable bonds is 2. The lowest BCUT2D eigenvalue weighted by Crippen LogP contribution is -2.14. The van der Waals surface area contributed by atoms with E-state index in [9.17, 15) is 9.90 Å². The number of aromatic nitrogens is 1. The normalized spacial score (nSPS) is 10.6. The van der Waals surface area contributed by atoms with Crippen LogP contribution in [0.1, 0.15) is 5.56 Å². The summed E-state index contributed by atoms with van der Waals surface area (Å²) in [5.74, 6) is -0.189. The molecule has 12 heavy (non-hydrogen) atoms. The molecule has 2 N–H and O–H groups in total. The molecule has 0 unspecified atom stereocenters. The van der Waals surface area contributed by atoms with Gasteiger partial charge in [0, 0.05) is 18.3 Å². The molecule has 0 aromatic carbocycles. The third-order valence-electron chi connectivity index (χ3n) is 1.50. The summed E-state index contributed by atoms with van der Waals surface area (Å²) in [6.07, 6.45) is 1.53. The molecule has 0 spiro atoms. The van der Waals surface area contributed by atoms with E-state index in [1.807, 2.05) is 19.0 Å². The van der Waals surface area contributed by atoms with Gasteiger partial charge in [0.15, 0.2) is 5.75 Å². The lowest BCUT2D eigenvalue weighted by atomic mass is 10.2. The van der Waals surface area contributed by atoms with E-state index >= 15 is 0 Å². The van der Waals surface area contributed by atoms with E-state index in [2.05, 4.69) is 4.98 Å². The standard InChI is InChI=1S/C8H12N2O2/c1-10(2)5-6-3-4-9-8(12)7(6)11/h3-4,11H,5H2,1-2H3,(H,9,12). The lowest BCUT2D eigenvalue weighted by molar-refractivity contribution is 0.383. The highest BCUT2D eigenvalue weighted by Crippen LogP contribution is 2.10. The zero-order valence-corrected chi connectivity index (χ0v) is 7.16. The second-order valence-electron chi connectivity index (χ2n) is 2.92. The number of hydrogen-bond donors (Lipinski definition) is 2. The zero-order valence-electron chi connectivity index (χ0n) is 7.16. The van der Waals surface area contributed by atoms with Crippen molar-refractivity contribution in [2.75, 3.05) is 14.1 Å². The van der Waals surface area contributed by atoms with E-state index in [1.54, 1.807) is 6.07 Å². The van der Waals surface area contributed by atoms with E-state index in [-0.39, 0.29) is 5.75 Å². The summed E-state index contributed by atoms with van der Waals surface area (Å²) in [5.41, 5.74) is 0.207. The van der Waals surface area contributed by atoms with E-state index in [4.69, 9.17) is 0 Å². The molecule has 0 fully saturated rings. The highest BCUT2D eigenvalue weighted by atomic mass is 16.3. The number of nitrogens with one attached hydrogen (secondary N) is 1. The van der Waals surface area contributed by atoms with Gasteiger partial charge in [-0.25, -0.2) is 0 Å². The maximum Gasteiger partial charge on any atom is 0.290 e. The minimum atomic E-state index is -0.436. The molecule has 0 radical (unpaired) electrons. The molecule has 0 saturated carbocycles. The Kier molecular flexibility index (Phi) is 2.50. The van der Waals surface area contributed by atoms with Crippen LogP contribution in [-0.4, -0.2) is 29.1 Å². The molecular formula is C8H12N2O2. The van der Waals surface area contributed by atoms with Crippen molar-refractivity contribution in [3.63, 3.8) is 0 Å². The average molecular weight is 168 g/mol. The highest BCUT2D eigenvalue weighted by Gasteiger charge is 2.04. The predicted octanol–water partition coefficient (Wildman–Crippen LogP) is 0.142. The van der Waals surface area contributed by atoms with Crippen LogP contribution in [-0.2, 0) is 6.54 Å². The number of H-pyrrole nitrogens is 1. The molecule has 0 bridgehead atoms. The minimum absolute atomic E-state index is 0.189. The van der Waals surface area contributed by atoms with Crippen molar-refractivity contribution < 1.29 is 5.11 Å². The molecule has 1 rings (SSSR count). The Morgan fingerprint density at radius 1 is 1.58 bits per heavy atom. The molecule has 1 aromatic heterocycles. The fraction of sp³-hybridized carbons (Fsp3) is 0.375. The smallest absolute Gasteiger partial charge is 0.290 e. The Balaban J connectivity index is 3.00. The molecule has 4 heteroatoms. The molecular weight excluding hydrogens is 156 g/mol. The van der Waals surface area contributed by atoms with Gasteiger partial charge in [-0.05, 0) is 20.2 Å². The third kappa shape index (κ3) is 1.85. The van der Waals surface area contributed by atoms with Gasteiger partial charge in [-0.15, -0.1) is 0 Å². The van der Waals surface area contributed by atoms with Crippen LogP contribution in [0.4, 0.5) is 0 Å². The first-order valence-electron chi connectivity index (χ1n) is 3.65. The molecule has 1 heterocycles. The van der Waals surface area contributed by atoms with Crippen molar-refractivity contribution in [1.82, 2.24) is 9.88 Å². The minimum Gasteiger partial charge on any atom is -0.503 e. The van der Waals surface area contributed by atoms with Crippen LogP contribution < -0.4 is 5.56 Å². The van der Waals surface area contributed by atoms with Gasteiger partial charge in [-0.2, -0.15) is 0 Å². The molecule has 0 saturated heterocycles. The Morgan fingerprint density at radius 3 is 2.83 bits per heavy atom.